The molecule has 0 unspecified atom stereocenters. The Morgan fingerprint density at radius 2 is 1.50 bits per heavy atom. The van der Waals surface area contributed by atoms with Crippen LogP contribution < -0.4 is 10.2 Å². The fourth-order valence-corrected chi connectivity index (χ4v) is 6.74. The molecule has 0 saturated carbocycles. The largest absolute Gasteiger partial charge is 0.392 e. The molecule has 4 atom stereocenters. The predicted molar refractivity (Wildman–Crippen MR) is 193 cm³/mol. The molecule has 2 saturated heterocycles. The van der Waals surface area contributed by atoms with Gasteiger partial charge in [-0.05, 0) is 52.1 Å². The summed E-state index contributed by atoms with van der Waals surface area (Å²) in [5.74, 6) is 0.789. The summed E-state index contributed by atoms with van der Waals surface area (Å²) in [6.07, 6.45) is 2.81. The number of carbonyl (C=O) groups is 1. The molecule has 3 heterocycles. The Hall–Kier alpha value is -4.93. The van der Waals surface area contributed by atoms with Gasteiger partial charge in [-0.15, -0.1) is 0 Å². The molecule has 0 aliphatic carbocycles. The minimum atomic E-state index is -0.536. The van der Waals surface area contributed by atoms with E-state index >= 15 is 0 Å². The second-order valence-electron chi connectivity index (χ2n) is 13.0. The number of hydrogen-bond donors (Lipinski definition) is 2. The Morgan fingerprint density at radius 1 is 0.780 bits per heavy atom. The normalized spacial score (nSPS) is 21.1. The Labute approximate surface area is 293 Å². The van der Waals surface area contributed by atoms with Gasteiger partial charge < -0.3 is 24.8 Å². The van der Waals surface area contributed by atoms with Crippen molar-refractivity contribution in [3.63, 3.8) is 0 Å². The molecule has 2 N–H and O–H groups in total. The van der Waals surface area contributed by atoms with Crippen molar-refractivity contribution in [2.45, 2.75) is 38.6 Å². The van der Waals surface area contributed by atoms with Gasteiger partial charge >= 0.3 is 0 Å². The van der Waals surface area contributed by atoms with Gasteiger partial charge in [-0.25, -0.2) is 9.97 Å². The van der Waals surface area contributed by atoms with Crippen molar-refractivity contribution in [1.29, 1.82) is 0 Å². The van der Waals surface area contributed by atoms with E-state index < -0.39 is 6.29 Å². The summed E-state index contributed by atoms with van der Waals surface area (Å²) < 4.78 is 13.5. The van der Waals surface area contributed by atoms with Crippen LogP contribution in [0.4, 0.5) is 5.95 Å². The van der Waals surface area contributed by atoms with E-state index in [0.29, 0.717) is 12.1 Å². The van der Waals surface area contributed by atoms with Crippen LogP contribution in [0, 0.1) is 5.92 Å². The lowest BCUT2D eigenvalue weighted by atomic mass is 9.89. The number of amides is 1. The van der Waals surface area contributed by atoms with Crippen molar-refractivity contribution < 1.29 is 19.4 Å². The molecule has 256 valence electrons. The van der Waals surface area contributed by atoms with Crippen molar-refractivity contribution in [3.05, 3.63) is 149 Å². The van der Waals surface area contributed by atoms with Crippen molar-refractivity contribution in [3.8, 4) is 11.1 Å². The van der Waals surface area contributed by atoms with E-state index in [4.69, 9.17) is 9.47 Å². The second kappa shape index (κ2) is 15.7. The van der Waals surface area contributed by atoms with Crippen LogP contribution in [0.5, 0.6) is 0 Å². The van der Waals surface area contributed by atoms with Gasteiger partial charge in [0.2, 0.25) is 5.95 Å². The van der Waals surface area contributed by atoms with Crippen LogP contribution in [0.2, 0.25) is 0 Å². The average molecular weight is 670 g/mol. The third kappa shape index (κ3) is 7.93. The fraction of sp³-hybridized carbons (Fsp3) is 0.293. The molecule has 1 amide bonds. The summed E-state index contributed by atoms with van der Waals surface area (Å²) in [4.78, 5) is 26.1. The lowest BCUT2D eigenvalue weighted by Gasteiger charge is -2.44. The molecule has 5 aromatic rings. The Kier molecular flexibility index (Phi) is 10.6. The molecule has 0 spiro atoms. The first-order chi connectivity index (χ1) is 24.5. The number of nitrogens with one attached hydrogen (secondary N) is 1. The average Bonchev–Trinajstić information content (AvgIpc) is 3.19. The topological polar surface area (TPSA) is 100 Å². The van der Waals surface area contributed by atoms with E-state index in [1.807, 2.05) is 60.7 Å². The van der Waals surface area contributed by atoms with E-state index in [-0.39, 0.29) is 30.6 Å². The van der Waals surface area contributed by atoms with E-state index in [0.717, 1.165) is 72.1 Å². The van der Waals surface area contributed by atoms with Crippen LogP contribution in [0.3, 0.4) is 0 Å². The van der Waals surface area contributed by atoms with Gasteiger partial charge in [0.1, 0.15) is 0 Å². The zero-order chi connectivity index (χ0) is 34.3. The number of rotatable bonds is 10. The number of piperazine rings is 1. The first-order valence-electron chi connectivity index (χ1n) is 17.3. The van der Waals surface area contributed by atoms with Crippen LogP contribution in [0.15, 0.2) is 122 Å². The number of hydrogen-bond acceptors (Lipinski definition) is 8. The highest BCUT2D eigenvalue weighted by Gasteiger charge is 2.39. The first kappa shape index (κ1) is 33.6. The number of ether oxygens (including phenoxy) is 2. The van der Waals surface area contributed by atoms with E-state index in [1.165, 1.54) is 0 Å². The van der Waals surface area contributed by atoms with Crippen LogP contribution >= 0.6 is 0 Å². The molecule has 0 radical (unpaired) electrons. The maximum atomic E-state index is 12.6. The van der Waals surface area contributed by atoms with Gasteiger partial charge in [0.05, 0.1) is 18.8 Å². The number of aliphatic hydroxyl groups is 1. The quantitative estimate of drug-likeness (QED) is 0.182. The number of anilines is 1. The lowest BCUT2D eigenvalue weighted by Crippen LogP contribution is -2.51. The zero-order valence-electron chi connectivity index (χ0n) is 28.3. The molecule has 7 rings (SSSR count). The standard InChI is InChI=1S/C41H43N5O4/c1-29-37(27-45-21-23-46(24-22-45)41-42-19-6-20-43-41)49-40(50-38(29)33-13-11-30(28-47)12-14-33)35-17-15-32(16-18-35)36-10-5-7-31(25-36)26-44-39(48)34-8-3-2-4-9-34/h2-20,25,29,37-38,40,47H,21-24,26-28H2,1H3,(H,44,48)/t29-,37+,38+,40+/m0/s1. The van der Waals surface area contributed by atoms with Gasteiger partial charge in [0, 0.05) is 68.7 Å². The van der Waals surface area contributed by atoms with Gasteiger partial charge in [-0.3, -0.25) is 9.69 Å². The molecular formula is C41H43N5O4. The van der Waals surface area contributed by atoms with Crippen molar-refractivity contribution in [1.82, 2.24) is 20.2 Å². The predicted octanol–water partition coefficient (Wildman–Crippen LogP) is 6.18. The number of aromatic nitrogens is 2. The fourth-order valence-electron chi connectivity index (χ4n) is 6.74. The first-order valence-corrected chi connectivity index (χ1v) is 17.3. The van der Waals surface area contributed by atoms with Crippen molar-refractivity contribution in [2.24, 2.45) is 5.92 Å². The third-order valence-electron chi connectivity index (χ3n) is 9.70. The summed E-state index contributed by atoms with van der Waals surface area (Å²) in [6.45, 7) is 6.97. The lowest BCUT2D eigenvalue weighted by molar-refractivity contribution is -0.276. The molecule has 1 aromatic heterocycles. The minimum Gasteiger partial charge on any atom is -0.392 e. The maximum absolute atomic E-state index is 12.6. The smallest absolute Gasteiger partial charge is 0.251 e. The zero-order valence-corrected chi connectivity index (χ0v) is 28.3. The number of nitrogens with zero attached hydrogens (tertiary/aromatic N) is 4. The molecule has 2 aliphatic rings. The van der Waals surface area contributed by atoms with Gasteiger partial charge in [0.15, 0.2) is 6.29 Å². The van der Waals surface area contributed by atoms with Crippen LogP contribution in [-0.2, 0) is 22.6 Å². The summed E-state index contributed by atoms with van der Waals surface area (Å²) in [6, 6.07) is 35.8. The number of benzene rings is 4. The Balaban J connectivity index is 1.05. The van der Waals surface area contributed by atoms with Gasteiger partial charge in [-0.2, -0.15) is 0 Å². The maximum Gasteiger partial charge on any atom is 0.251 e. The summed E-state index contributed by atoms with van der Waals surface area (Å²) in [5, 5.41) is 12.6. The monoisotopic (exact) mass is 669 g/mol. The summed E-state index contributed by atoms with van der Waals surface area (Å²) in [7, 11) is 0. The SMILES string of the molecule is C[C@H]1[C@@H](CN2CCN(c3ncccn3)CC2)O[C@@H](c2ccc(-c3cccc(CNC(=O)c4ccccc4)c3)cc2)O[C@H]1c1ccc(CO)cc1. The highest BCUT2D eigenvalue weighted by atomic mass is 16.7. The third-order valence-corrected chi connectivity index (χ3v) is 9.70. The molecule has 4 aromatic carbocycles. The molecule has 2 fully saturated rings. The van der Waals surface area contributed by atoms with Crippen LogP contribution in [-0.4, -0.2) is 64.7 Å². The molecule has 50 heavy (non-hydrogen) atoms. The van der Waals surface area contributed by atoms with E-state index in [1.54, 1.807) is 12.4 Å². The minimum absolute atomic E-state index is 0.00724. The molecule has 9 nitrogen and oxygen atoms in total. The molecule has 2 aliphatic heterocycles. The van der Waals surface area contributed by atoms with E-state index in [2.05, 4.69) is 80.5 Å². The summed E-state index contributed by atoms with van der Waals surface area (Å²) >= 11 is 0. The molecular weight excluding hydrogens is 626 g/mol. The molecule has 0 bridgehead atoms. The Morgan fingerprint density at radius 3 is 2.22 bits per heavy atom. The second-order valence-corrected chi connectivity index (χ2v) is 13.0. The van der Waals surface area contributed by atoms with Crippen molar-refractivity contribution >= 4 is 11.9 Å². The Bertz CT molecular complexity index is 1830. The van der Waals surface area contributed by atoms with Crippen molar-refractivity contribution in [2.75, 3.05) is 37.6 Å². The number of aliphatic hydroxyl groups excluding tert-OH is 1. The van der Waals surface area contributed by atoms with E-state index in [9.17, 15) is 9.90 Å². The highest BCUT2D eigenvalue weighted by molar-refractivity contribution is 5.94. The van der Waals surface area contributed by atoms with Crippen LogP contribution in [0.25, 0.3) is 11.1 Å². The molecule has 9 heteroatoms. The van der Waals surface area contributed by atoms with Gasteiger partial charge in [-0.1, -0.05) is 91.9 Å². The highest BCUT2D eigenvalue weighted by Crippen LogP contribution is 2.42. The number of carbonyl (C=O) groups excluding carboxylic acids is 1. The summed E-state index contributed by atoms with van der Waals surface area (Å²) in [5.41, 5.74) is 6.72. The van der Waals surface area contributed by atoms with Gasteiger partial charge in [0.25, 0.3) is 5.91 Å². The van der Waals surface area contributed by atoms with Crippen LogP contribution in [0.1, 0.15) is 51.9 Å².